The topological polar surface area (TPSA) is 81.1 Å². The van der Waals surface area contributed by atoms with Crippen molar-refractivity contribution < 1.29 is 19.0 Å². The maximum atomic E-state index is 13.4. The lowest BCUT2D eigenvalue weighted by molar-refractivity contribution is 0.0321. The molecule has 2 amide bonds. The molecule has 2 aliphatic rings. The third kappa shape index (κ3) is 7.13. The van der Waals surface area contributed by atoms with E-state index >= 15 is 0 Å². The number of aryl methyl sites for hydroxylation is 2. The first-order valence-electron chi connectivity index (χ1n) is 13.3. The van der Waals surface area contributed by atoms with Crippen molar-refractivity contribution in [1.82, 2.24) is 19.8 Å². The molecule has 198 valence electrons. The number of hydrogen-bond donors (Lipinski definition) is 1. The van der Waals surface area contributed by atoms with Crippen molar-refractivity contribution >= 4 is 11.7 Å². The zero-order valence-corrected chi connectivity index (χ0v) is 21.8. The molecular weight excluding hydrogens is 458 g/mol. The molecule has 0 atom stereocenters. The van der Waals surface area contributed by atoms with Gasteiger partial charge in [-0.2, -0.15) is 0 Å². The summed E-state index contributed by atoms with van der Waals surface area (Å²) in [7, 11) is 1.65. The van der Waals surface area contributed by atoms with Gasteiger partial charge in [0.25, 0.3) is 0 Å². The summed E-state index contributed by atoms with van der Waals surface area (Å²) in [6, 6.07) is 5.99. The summed E-state index contributed by atoms with van der Waals surface area (Å²) in [5.74, 6) is 1.35. The van der Waals surface area contributed by atoms with Crippen molar-refractivity contribution in [3.05, 3.63) is 36.4 Å². The van der Waals surface area contributed by atoms with E-state index in [9.17, 15) is 4.79 Å². The van der Waals surface area contributed by atoms with E-state index in [1.165, 1.54) is 6.42 Å². The lowest BCUT2D eigenvalue weighted by atomic mass is 9.94. The predicted molar refractivity (Wildman–Crippen MR) is 140 cm³/mol. The van der Waals surface area contributed by atoms with Crippen LogP contribution >= 0.6 is 0 Å². The number of carbonyl (C=O) groups excluding carboxylic acids is 1. The fourth-order valence-corrected chi connectivity index (χ4v) is 5.02. The van der Waals surface area contributed by atoms with Crippen LogP contribution in [0, 0.1) is 6.92 Å². The second-order valence-corrected chi connectivity index (χ2v) is 9.61. The fraction of sp³-hybridized carbons (Fsp3) is 0.630. The van der Waals surface area contributed by atoms with Crippen molar-refractivity contribution in [2.24, 2.45) is 0 Å². The van der Waals surface area contributed by atoms with E-state index in [-0.39, 0.29) is 12.1 Å². The molecule has 4 rings (SSSR count). The fourth-order valence-electron chi connectivity index (χ4n) is 5.02. The van der Waals surface area contributed by atoms with Crippen LogP contribution in [0.4, 0.5) is 10.5 Å². The summed E-state index contributed by atoms with van der Waals surface area (Å²) in [5, 5.41) is 3.15. The van der Waals surface area contributed by atoms with Gasteiger partial charge in [0.2, 0.25) is 0 Å². The lowest BCUT2D eigenvalue weighted by Crippen LogP contribution is -2.47. The third-order valence-electron chi connectivity index (χ3n) is 7.13. The van der Waals surface area contributed by atoms with Gasteiger partial charge in [0.05, 0.1) is 26.7 Å². The van der Waals surface area contributed by atoms with E-state index in [4.69, 9.17) is 14.2 Å². The smallest absolute Gasteiger partial charge is 0.322 e. The summed E-state index contributed by atoms with van der Waals surface area (Å²) in [5.41, 5.74) is 1.98. The summed E-state index contributed by atoms with van der Waals surface area (Å²) in [4.78, 5) is 21.9. The van der Waals surface area contributed by atoms with Gasteiger partial charge in [-0.15, -0.1) is 0 Å². The van der Waals surface area contributed by atoms with Gasteiger partial charge in [-0.25, -0.2) is 9.78 Å². The second kappa shape index (κ2) is 13.5. The summed E-state index contributed by atoms with van der Waals surface area (Å²) in [6.45, 7) is 8.35. The maximum absolute atomic E-state index is 13.4. The van der Waals surface area contributed by atoms with Crippen LogP contribution in [0.5, 0.6) is 11.5 Å². The molecular formula is C27H41N5O4. The predicted octanol–water partition coefficient (Wildman–Crippen LogP) is 3.85. The molecule has 0 unspecified atom stereocenters. The number of nitrogens with zero attached hydrogens (tertiary/aromatic N) is 4. The van der Waals surface area contributed by atoms with Crippen molar-refractivity contribution in [2.45, 2.75) is 58.0 Å². The Kier molecular flexibility index (Phi) is 9.86. The molecule has 9 nitrogen and oxygen atoms in total. The SMILES string of the molecule is COc1cc(N(C(=O)NCCCn2cncc2C)C2CCCCC2)ccc1OCCN1CCOCC1. The van der Waals surface area contributed by atoms with Crippen molar-refractivity contribution in [3.63, 3.8) is 0 Å². The molecule has 0 spiro atoms. The number of urea groups is 1. The van der Waals surface area contributed by atoms with Crippen molar-refractivity contribution in [1.29, 1.82) is 0 Å². The van der Waals surface area contributed by atoms with Gasteiger partial charge >= 0.3 is 6.03 Å². The quantitative estimate of drug-likeness (QED) is 0.473. The molecule has 9 heteroatoms. The van der Waals surface area contributed by atoms with Gasteiger partial charge in [0, 0.05) is 62.4 Å². The molecule has 0 radical (unpaired) electrons. The van der Waals surface area contributed by atoms with Gasteiger partial charge < -0.3 is 24.1 Å². The molecule has 1 aromatic carbocycles. The van der Waals surface area contributed by atoms with Crippen LogP contribution in [0.15, 0.2) is 30.7 Å². The number of imidazole rings is 1. The van der Waals surface area contributed by atoms with E-state index in [2.05, 4.69) is 19.8 Å². The summed E-state index contributed by atoms with van der Waals surface area (Å²) < 4.78 is 19.3. The Morgan fingerprint density at radius 2 is 1.97 bits per heavy atom. The number of amides is 2. The first-order chi connectivity index (χ1) is 17.7. The Morgan fingerprint density at radius 3 is 2.69 bits per heavy atom. The molecule has 36 heavy (non-hydrogen) atoms. The lowest BCUT2D eigenvalue weighted by Gasteiger charge is -2.34. The molecule has 1 aromatic heterocycles. The molecule has 0 bridgehead atoms. The van der Waals surface area contributed by atoms with Crippen LogP contribution in [-0.2, 0) is 11.3 Å². The number of ether oxygens (including phenoxy) is 3. The number of hydrogen-bond acceptors (Lipinski definition) is 6. The van der Waals surface area contributed by atoms with Gasteiger partial charge in [-0.3, -0.25) is 9.80 Å². The average Bonchev–Trinajstić information content (AvgIpc) is 3.33. The Morgan fingerprint density at radius 1 is 1.17 bits per heavy atom. The highest BCUT2D eigenvalue weighted by Crippen LogP contribution is 2.35. The van der Waals surface area contributed by atoms with Gasteiger partial charge in [0.1, 0.15) is 6.61 Å². The van der Waals surface area contributed by atoms with Crippen molar-refractivity contribution in [2.75, 3.05) is 58.0 Å². The van der Waals surface area contributed by atoms with Crippen LogP contribution in [0.2, 0.25) is 0 Å². The number of carbonyl (C=O) groups is 1. The van der Waals surface area contributed by atoms with E-state index in [0.717, 1.165) is 82.9 Å². The number of methoxy groups -OCH3 is 1. The summed E-state index contributed by atoms with van der Waals surface area (Å²) >= 11 is 0. The second-order valence-electron chi connectivity index (χ2n) is 9.61. The molecule has 1 saturated carbocycles. The Balaban J connectivity index is 1.38. The van der Waals surface area contributed by atoms with E-state index in [1.807, 2.05) is 42.5 Å². The molecule has 1 saturated heterocycles. The zero-order valence-electron chi connectivity index (χ0n) is 21.8. The third-order valence-corrected chi connectivity index (χ3v) is 7.13. The minimum atomic E-state index is -0.0488. The standard InChI is InChI=1S/C27H41N5O4/c1-22-20-28-21-31(22)12-6-11-29-27(33)32(23-7-4-3-5-8-23)24-9-10-25(26(19-24)34-2)36-18-15-30-13-16-35-17-14-30/h9-10,19-21,23H,3-8,11-18H2,1-2H3,(H,29,33). The molecule has 1 N–H and O–H groups in total. The van der Waals surface area contributed by atoms with Crippen LogP contribution in [0.25, 0.3) is 0 Å². The monoisotopic (exact) mass is 499 g/mol. The van der Waals surface area contributed by atoms with Crippen LogP contribution in [0.3, 0.4) is 0 Å². The molecule has 1 aliphatic heterocycles. The van der Waals surface area contributed by atoms with Crippen LogP contribution < -0.4 is 19.7 Å². The Bertz CT molecular complexity index is 953. The van der Waals surface area contributed by atoms with Gasteiger partial charge in [-0.1, -0.05) is 19.3 Å². The molecule has 2 fully saturated rings. The van der Waals surface area contributed by atoms with Crippen LogP contribution in [-0.4, -0.2) is 79.6 Å². The average molecular weight is 500 g/mol. The Labute approximate surface area is 214 Å². The largest absolute Gasteiger partial charge is 0.493 e. The molecule has 2 aromatic rings. The van der Waals surface area contributed by atoms with E-state index in [0.29, 0.717) is 24.7 Å². The molecule has 1 aliphatic carbocycles. The maximum Gasteiger partial charge on any atom is 0.322 e. The van der Waals surface area contributed by atoms with Gasteiger partial charge in [0.15, 0.2) is 11.5 Å². The highest BCUT2D eigenvalue weighted by Gasteiger charge is 2.27. The number of morpholine rings is 1. The highest BCUT2D eigenvalue weighted by molar-refractivity contribution is 5.93. The number of rotatable bonds is 11. The number of anilines is 1. The number of benzene rings is 1. The normalized spacial score (nSPS) is 17.1. The van der Waals surface area contributed by atoms with Gasteiger partial charge in [-0.05, 0) is 38.3 Å². The summed E-state index contributed by atoms with van der Waals surface area (Å²) in [6.07, 6.45) is 10.1. The van der Waals surface area contributed by atoms with E-state index in [1.54, 1.807) is 7.11 Å². The Hall–Kier alpha value is -2.78. The minimum absolute atomic E-state index is 0.0488. The first-order valence-corrected chi connectivity index (χ1v) is 13.3. The van der Waals surface area contributed by atoms with E-state index < -0.39 is 0 Å². The minimum Gasteiger partial charge on any atom is -0.493 e. The number of nitrogens with one attached hydrogen (secondary N) is 1. The zero-order chi connectivity index (χ0) is 25.2. The first kappa shape index (κ1) is 26.3. The van der Waals surface area contributed by atoms with Crippen LogP contribution in [0.1, 0.15) is 44.2 Å². The molecule has 2 heterocycles. The highest BCUT2D eigenvalue weighted by atomic mass is 16.5. The number of aromatic nitrogens is 2. The van der Waals surface area contributed by atoms with Crippen molar-refractivity contribution in [3.8, 4) is 11.5 Å².